The number of rotatable bonds is 2. The fourth-order valence-corrected chi connectivity index (χ4v) is 1.69. The first-order valence-corrected chi connectivity index (χ1v) is 4.62. The van der Waals surface area contributed by atoms with Gasteiger partial charge in [0, 0.05) is 6.04 Å². The van der Waals surface area contributed by atoms with Crippen LogP contribution in [0.25, 0.3) is 0 Å². The molecule has 1 fully saturated rings. The van der Waals surface area contributed by atoms with Crippen LogP contribution in [-0.4, -0.2) is 50.7 Å². The molecular weight excluding hydrogens is 239 g/mol. The molecule has 1 heterocycles. The third kappa shape index (κ3) is 5.02. The van der Waals surface area contributed by atoms with Crippen LogP contribution < -0.4 is 5.32 Å². The number of hydrogen-bond donors (Lipinski definition) is 1. The van der Waals surface area contributed by atoms with E-state index < -0.39 is 0 Å². The highest BCUT2D eigenvalue weighted by molar-refractivity contribution is 5.85. The summed E-state index contributed by atoms with van der Waals surface area (Å²) in [5.41, 5.74) is 0. The molecule has 0 aliphatic carbocycles. The summed E-state index contributed by atoms with van der Waals surface area (Å²) in [5, 5.41) is 3.15. The van der Waals surface area contributed by atoms with Gasteiger partial charge in [-0.25, -0.2) is 0 Å². The largest absolute Gasteiger partial charge is 0.468 e. The normalized spacial score (nSPS) is 25.1. The minimum atomic E-state index is -0.147. The van der Waals surface area contributed by atoms with Crippen molar-refractivity contribution in [2.45, 2.75) is 24.9 Å². The molecule has 1 N–H and O–H groups in total. The van der Waals surface area contributed by atoms with Gasteiger partial charge in [-0.15, -0.1) is 24.8 Å². The molecule has 1 aliphatic rings. The van der Waals surface area contributed by atoms with Crippen LogP contribution in [0.2, 0.25) is 0 Å². The lowest BCUT2D eigenvalue weighted by atomic mass is 9.99. The van der Waals surface area contributed by atoms with Crippen LogP contribution in [0.3, 0.4) is 0 Å². The molecule has 0 unspecified atom stereocenters. The van der Waals surface area contributed by atoms with Crippen molar-refractivity contribution in [3.05, 3.63) is 0 Å². The zero-order valence-corrected chi connectivity index (χ0v) is 11.0. The highest BCUT2D eigenvalue weighted by Gasteiger charge is 2.28. The van der Waals surface area contributed by atoms with Gasteiger partial charge in [0.2, 0.25) is 0 Å². The van der Waals surface area contributed by atoms with Gasteiger partial charge >= 0.3 is 5.97 Å². The average Bonchev–Trinajstić information content (AvgIpc) is 2.17. The highest BCUT2D eigenvalue weighted by Crippen LogP contribution is 2.13. The second-order valence-electron chi connectivity index (χ2n) is 3.67. The maximum Gasteiger partial charge on any atom is 0.322 e. The van der Waals surface area contributed by atoms with Crippen molar-refractivity contribution < 1.29 is 9.53 Å². The van der Waals surface area contributed by atoms with Gasteiger partial charge in [0.25, 0.3) is 0 Å². The number of halogens is 2. The topological polar surface area (TPSA) is 41.6 Å². The number of carbonyl (C=O) groups excluding carboxylic acids is 1. The second kappa shape index (κ2) is 8.16. The highest BCUT2D eigenvalue weighted by atomic mass is 35.5. The zero-order chi connectivity index (χ0) is 9.84. The standard InChI is InChI=1S/C9H18N2O2.2ClH/c1-11(2)7-4-5-10-8(6-7)9(12)13-3;;/h7-8,10H,4-6H2,1-3H3;2*1H/t7-,8+;;/m0../s1. The van der Waals surface area contributed by atoms with Crippen LogP contribution in [0.4, 0.5) is 0 Å². The van der Waals surface area contributed by atoms with Gasteiger partial charge in [0.05, 0.1) is 7.11 Å². The van der Waals surface area contributed by atoms with Gasteiger partial charge in [-0.2, -0.15) is 0 Å². The van der Waals surface area contributed by atoms with Gasteiger partial charge in [0.15, 0.2) is 0 Å². The quantitative estimate of drug-likeness (QED) is 0.741. The van der Waals surface area contributed by atoms with Crippen molar-refractivity contribution in [2.75, 3.05) is 27.7 Å². The van der Waals surface area contributed by atoms with E-state index in [0.29, 0.717) is 6.04 Å². The summed E-state index contributed by atoms with van der Waals surface area (Å²) in [4.78, 5) is 13.4. The number of methoxy groups -OCH3 is 1. The Kier molecular flexibility index (Phi) is 9.45. The van der Waals surface area contributed by atoms with Crippen LogP contribution in [0, 0.1) is 0 Å². The molecule has 92 valence electrons. The van der Waals surface area contributed by atoms with Crippen LogP contribution in [0.5, 0.6) is 0 Å². The van der Waals surface area contributed by atoms with E-state index in [2.05, 4.69) is 10.2 Å². The average molecular weight is 259 g/mol. The van der Waals surface area contributed by atoms with Gasteiger partial charge in [0.1, 0.15) is 6.04 Å². The minimum absolute atomic E-state index is 0. The van der Waals surface area contributed by atoms with E-state index in [4.69, 9.17) is 4.74 Å². The number of ether oxygens (including phenoxy) is 1. The van der Waals surface area contributed by atoms with E-state index >= 15 is 0 Å². The summed E-state index contributed by atoms with van der Waals surface area (Å²) >= 11 is 0. The van der Waals surface area contributed by atoms with Crippen molar-refractivity contribution in [1.82, 2.24) is 10.2 Å². The Bertz CT molecular complexity index is 191. The molecule has 0 saturated carbocycles. The molecule has 2 atom stereocenters. The third-order valence-electron chi connectivity index (χ3n) is 2.59. The molecule has 0 bridgehead atoms. The summed E-state index contributed by atoms with van der Waals surface area (Å²) in [6.07, 6.45) is 1.94. The number of carbonyl (C=O) groups is 1. The van der Waals surface area contributed by atoms with E-state index in [0.717, 1.165) is 19.4 Å². The first-order valence-electron chi connectivity index (χ1n) is 4.62. The molecule has 0 radical (unpaired) electrons. The predicted molar refractivity (Wildman–Crippen MR) is 65.0 cm³/mol. The fourth-order valence-electron chi connectivity index (χ4n) is 1.69. The summed E-state index contributed by atoms with van der Waals surface area (Å²) in [6.45, 7) is 0.891. The predicted octanol–water partition coefficient (Wildman–Crippen LogP) is 0.685. The summed E-state index contributed by atoms with van der Waals surface area (Å²) in [6, 6.07) is 0.372. The Labute approximate surface area is 104 Å². The van der Waals surface area contributed by atoms with Crippen molar-refractivity contribution in [3.8, 4) is 0 Å². The lowest BCUT2D eigenvalue weighted by Crippen LogP contribution is -2.49. The van der Waals surface area contributed by atoms with Crippen molar-refractivity contribution in [3.63, 3.8) is 0 Å². The molecule has 0 aromatic carbocycles. The molecular formula is C9H20Cl2N2O2. The lowest BCUT2D eigenvalue weighted by molar-refractivity contribution is -0.144. The second-order valence-corrected chi connectivity index (χ2v) is 3.67. The van der Waals surface area contributed by atoms with Gasteiger partial charge in [-0.3, -0.25) is 4.79 Å². The summed E-state index contributed by atoms with van der Waals surface area (Å²) in [7, 11) is 5.53. The van der Waals surface area contributed by atoms with Crippen LogP contribution in [0.1, 0.15) is 12.8 Å². The number of nitrogens with zero attached hydrogens (tertiary/aromatic N) is 1. The van der Waals surface area contributed by atoms with Crippen molar-refractivity contribution in [1.29, 1.82) is 0 Å². The Morgan fingerprint density at radius 3 is 2.47 bits per heavy atom. The molecule has 1 aliphatic heterocycles. The van der Waals surface area contributed by atoms with E-state index in [9.17, 15) is 4.79 Å². The van der Waals surface area contributed by atoms with E-state index in [-0.39, 0.29) is 36.8 Å². The third-order valence-corrected chi connectivity index (χ3v) is 2.59. The fraction of sp³-hybridized carbons (Fsp3) is 0.889. The van der Waals surface area contributed by atoms with E-state index in [1.807, 2.05) is 14.1 Å². The summed E-state index contributed by atoms with van der Waals surface area (Å²) < 4.78 is 4.70. The van der Waals surface area contributed by atoms with E-state index in [1.54, 1.807) is 0 Å². The molecule has 0 aromatic heterocycles. The maximum atomic E-state index is 11.2. The van der Waals surface area contributed by atoms with Crippen molar-refractivity contribution in [2.24, 2.45) is 0 Å². The molecule has 1 saturated heterocycles. The molecule has 0 spiro atoms. The maximum absolute atomic E-state index is 11.2. The van der Waals surface area contributed by atoms with Gasteiger partial charge in [-0.05, 0) is 33.5 Å². The molecule has 0 amide bonds. The summed E-state index contributed by atoms with van der Waals surface area (Å²) in [5.74, 6) is -0.147. The SMILES string of the molecule is COC(=O)[C@H]1C[C@@H](N(C)C)CCN1.Cl.Cl. The Morgan fingerprint density at radius 2 is 2.00 bits per heavy atom. The van der Waals surface area contributed by atoms with Gasteiger partial charge < -0.3 is 15.0 Å². The zero-order valence-electron chi connectivity index (χ0n) is 9.36. The van der Waals surface area contributed by atoms with Crippen LogP contribution in [-0.2, 0) is 9.53 Å². The molecule has 15 heavy (non-hydrogen) atoms. The monoisotopic (exact) mass is 258 g/mol. The Balaban J connectivity index is 0. The number of hydrogen-bond acceptors (Lipinski definition) is 4. The van der Waals surface area contributed by atoms with Gasteiger partial charge in [-0.1, -0.05) is 0 Å². The molecule has 6 heteroatoms. The number of nitrogens with one attached hydrogen (secondary N) is 1. The Morgan fingerprint density at radius 1 is 1.40 bits per heavy atom. The molecule has 4 nitrogen and oxygen atoms in total. The number of piperidine rings is 1. The molecule has 1 rings (SSSR count). The van der Waals surface area contributed by atoms with E-state index in [1.165, 1.54) is 7.11 Å². The lowest BCUT2D eigenvalue weighted by Gasteiger charge is -2.32. The first-order chi connectivity index (χ1) is 6.15. The smallest absolute Gasteiger partial charge is 0.322 e. The Hall–Kier alpha value is -0.0300. The van der Waals surface area contributed by atoms with Crippen LogP contribution >= 0.6 is 24.8 Å². The first kappa shape index (κ1) is 17.4. The van der Waals surface area contributed by atoms with Crippen molar-refractivity contribution >= 4 is 30.8 Å². The minimum Gasteiger partial charge on any atom is -0.468 e. The molecule has 0 aromatic rings. The van der Waals surface area contributed by atoms with Crippen LogP contribution in [0.15, 0.2) is 0 Å². The number of esters is 1.